The van der Waals surface area contributed by atoms with Crippen molar-refractivity contribution in [1.29, 1.82) is 5.26 Å². The Bertz CT molecular complexity index is 1390. The molecule has 0 spiro atoms. The Morgan fingerprint density at radius 1 is 1.02 bits per heavy atom. The van der Waals surface area contributed by atoms with Gasteiger partial charge in [0.25, 0.3) is 5.91 Å². The van der Waals surface area contributed by atoms with Gasteiger partial charge in [0.05, 0.1) is 16.5 Å². The normalized spacial score (nSPS) is 24.8. The summed E-state index contributed by atoms with van der Waals surface area (Å²) in [6.45, 7) is 9.48. The summed E-state index contributed by atoms with van der Waals surface area (Å²) in [5.74, 6) is 1.67. The average molecular weight is 576 g/mol. The van der Waals surface area contributed by atoms with Crippen molar-refractivity contribution in [2.75, 3.05) is 45.8 Å². The number of fused-ring (bicyclic) bond motifs is 1. The molecule has 4 fully saturated rings. The molecule has 4 aliphatic rings. The number of likely N-dealkylation sites (tertiary alicyclic amines) is 2. The molecule has 0 N–H and O–H groups in total. The van der Waals surface area contributed by atoms with Crippen molar-refractivity contribution in [2.24, 2.45) is 17.8 Å². The van der Waals surface area contributed by atoms with E-state index >= 15 is 0 Å². The molecule has 0 bridgehead atoms. The van der Waals surface area contributed by atoms with Gasteiger partial charge in [-0.2, -0.15) is 5.26 Å². The van der Waals surface area contributed by atoms with Gasteiger partial charge in [-0.25, -0.2) is 17.7 Å². The number of nitriles is 1. The predicted octanol–water partition coefficient (Wildman–Crippen LogP) is 3.95. The fourth-order valence-electron chi connectivity index (χ4n) is 7.83. The summed E-state index contributed by atoms with van der Waals surface area (Å²) in [6, 6.07) is 14.4. The van der Waals surface area contributed by atoms with Gasteiger partial charge in [-0.1, -0.05) is 43.2 Å². The highest BCUT2D eigenvalue weighted by atomic mass is 32.2. The number of hydrogen-bond donors (Lipinski definition) is 0. The highest BCUT2D eigenvalue weighted by Crippen LogP contribution is 2.40. The summed E-state index contributed by atoms with van der Waals surface area (Å²) < 4.78 is 28.0. The van der Waals surface area contributed by atoms with Gasteiger partial charge in [0.1, 0.15) is 11.8 Å². The van der Waals surface area contributed by atoms with Gasteiger partial charge in [-0.05, 0) is 80.5 Å². The van der Waals surface area contributed by atoms with Crippen LogP contribution in [0.15, 0.2) is 36.4 Å². The first-order valence-corrected chi connectivity index (χ1v) is 16.7. The van der Waals surface area contributed by atoms with E-state index in [2.05, 4.69) is 40.2 Å². The summed E-state index contributed by atoms with van der Waals surface area (Å²) in [5, 5.41) is 9.03. The summed E-state index contributed by atoms with van der Waals surface area (Å²) >= 11 is 0. The standard InChI is InChI=1S/C32H41N5O3S/c1-22-14-28(15-33)34-23(2)31(22)32(38)36-18-25-16-35(17-26(25)19-36)13-12-30(24-8-4-3-5-9-24)27-20-37(21-27)41(39,40)29-10-6-7-11-29/h3-5,8-9,14,25-27,29-30H,6-7,10-13,16-21H2,1-2H3. The quantitative estimate of drug-likeness (QED) is 0.473. The van der Waals surface area contributed by atoms with Crippen LogP contribution < -0.4 is 0 Å². The van der Waals surface area contributed by atoms with E-state index in [1.54, 1.807) is 10.4 Å². The number of aryl methyl sites for hydroxylation is 2. The second-order valence-corrected chi connectivity index (χ2v) is 14.9. The number of aromatic nitrogens is 1. The highest BCUT2D eigenvalue weighted by Gasteiger charge is 2.45. The second kappa shape index (κ2) is 11.5. The Morgan fingerprint density at radius 2 is 1.68 bits per heavy atom. The largest absolute Gasteiger partial charge is 0.338 e. The monoisotopic (exact) mass is 575 g/mol. The van der Waals surface area contributed by atoms with Gasteiger partial charge in [0.15, 0.2) is 0 Å². The second-order valence-electron chi connectivity index (χ2n) is 12.7. The van der Waals surface area contributed by atoms with E-state index in [-0.39, 0.29) is 11.2 Å². The van der Waals surface area contributed by atoms with E-state index in [1.807, 2.05) is 24.8 Å². The molecule has 41 heavy (non-hydrogen) atoms. The van der Waals surface area contributed by atoms with E-state index in [4.69, 9.17) is 0 Å². The van der Waals surface area contributed by atoms with Crippen molar-refractivity contribution in [1.82, 2.24) is 19.1 Å². The lowest BCUT2D eigenvalue weighted by atomic mass is 9.80. The van der Waals surface area contributed by atoms with Crippen LogP contribution in [-0.4, -0.2) is 84.5 Å². The molecule has 3 unspecified atom stereocenters. The number of benzene rings is 1. The molecule has 8 nitrogen and oxygen atoms in total. The number of pyridine rings is 1. The van der Waals surface area contributed by atoms with Crippen molar-refractivity contribution >= 4 is 15.9 Å². The number of rotatable bonds is 8. The molecule has 9 heteroatoms. The molecule has 3 saturated heterocycles. The Balaban J connectivity index is 1.05. The third kappa shape index (κ3) is 5.54. The lowest BCUT2D eigenvalue weighted by molar-refractivity contribution is 0.0771. The minimum Gasteiger partial charge on any atom is -0.338 e. The summed E-state index contributed by atoms with van der Waals surface area (Å²) in [7, 11) is -3.16. The van der Waals surface area contributed by atoms with Crippen LogP contribution in [0.1, 0.15) is 70.9 Å². The summed E-state index contributed by atoms with van der Waals surface area (Å²) in [4.78, 5) is 22.3. The Labute approximate surface area is 244 Å². The van der Waals surface area contributed by atoms with Crippen molar-refractivity contribution in [3.63, 3.8) is 0 Å². The van der Waals surface area contributed by atoms with E-state index < -0.39 is 10.0 Å². The van der Waals surface area contributed by atoms with Crippen molar-refractivity contribution in [3.8, 4) is 6.07 Å². The van der Waals surface area contributed by atoms with E-state index in [0.717, 1.165) is 70.4 Å². The molecule has 3 atom stereocenters. The van der Waals surface area contributed by atoms with Crippen molar-refractivity contribution in [2.45, 2.75) is 57.1 Å². The molecule has 0 radical (unpaired) electrons. The third-order valence-corrected chi connectivity index (χ3v) is 12.4. The Hall–Kier alpha value is -2.80. The molecule has 218 valence electrons. The number of hydrogen-bond acceptors (Lipinski definition) is 6. The first kappa shape index (κ1) is 28.3. The van der Waals surface area contributed by atoms with Crippen LogP contribution in [0, 0.1) is 42.9 Å². The molecule has 1 aliphatic carbocycles. The minimum absolute atomic E-state index is 0.0316. The zero-order valence-electron chi connectivity index (χ0n) is 24.2. The first-order chi connectivity index (χ1) is 19.7. The molecular formula is C32H41N5O3S. The van der Waals surface area contributed by atoms with Crippen molar-refractivity contribution in [3.05, 3.63) is 64.5 Å². The zero-order chi connectivity index (χ0) is 28.7. The number of sulfonamides is 1. The van der Waals surface area contributed by atoms with Gasteiger partial charge >= 0.3 is 0 Å². The first-order valence-electron chi connectivity index (χ1n) is 15.2. The van der Waals surface area contributed by atoms with Gasteiger partial charge in [0, 0.05) is 39.3 Å². The van der Waals surface area contributed by atoms with E-state index in [1.165, 1.54) is 5.56 Å². The molecule has 1 amide bonds. The molecule has 4 heterocycles. The molecule has 1 aromatic carbocycles. The lowest BCUT2D eigenvalue weighted by Gasteiger charge is -2.44. The predicted molar refractivity (Wildman–Crippen MR) is 158 cm³/mol. The van der Waals surface area contributed by atoms with Crippen molar-refractivity contribution < 1.29 is 13.2 Å². The molecule has 6 rings (SSSR count). The molecule has 1 saturated carbocycles. The third-order valence-electron chi connectivity index (χ3n) is 10.1. The smallest absolute Gasteiger partial charge is 0.255 e. The van der Waals surface area contributed by atoms with E-state index in [9.17, 15) is 18.5 Å². The Kier molecular flexibility index (Phi) is 7.92. The van der Waals surface area contributed by atoms with Crippen LogP contribution in [-0.2, 0) is 10.0 Å². The number of carbonyl (C=O) groups excluding carboxylic acids is 1. The maximum atomic E-state index is 13.4. The highest BCUT2D eigenvalue weighted by molar-refractivity contribution is 7.89. The Morgan fingerprint density at radius 3 is 2.29 bits per heavy atom. The van der Waals surface area contributed by atoms with Crippen LogP contribution in [0.3, 0.4) is 0 Å². The molecule has 2 aromatic rings. The van der Waals surface area contributed by atoms with Gasteiger partial charge < -0.3 is 9.80 Å². The number of amides is 1. The van der Waals surface area contributed by atoms with Crippen LogP contribution in [0.4, 0.5) is 0 Å². The SMILES string of the molecule is Cc1cc(C#N)nc(C)c1C(=O)N1CC2CN(CCC(c3ccccc3)C3CN(S(=O)(=O)C4CCCC4)C3)CC2C1. The summed E-state index contributed by atoms with van der Waals surface area (Å²) in [5.41, 5.74) is 3.74. The topological polar surface area (TPSA) is 97.6 Å². The van der Waals surface area contributed by atoms with E-state index in [0.29, 0.717) is 53.7 Å². The average Bonchev–Trinajstić information content (AvgIpc) is 3.67. The fraction of sp³-hybridized carbons (Fsp3) is 0.594. The molecule has 1 aromatic heterocycles. The molecular weight excluding hydrogens is 534 g/mol. The van der Waals surface area contributed by atoms with Crippen LogP contribution in [0.2, 0.25) is 0 Å². The van der Waals surface area contributed by atoms with Crippen LogP contribution >= 0.6 is 0 Å². The van der Waals surface area contributed by atoms with Gasteiger partial charge in [-0.3, -0.25) is 4.79 Å². The minimum atomic E-state index is -3.16. The zero-order valence-corrected chi connectivity index (χ0v) is 25.0. The number of carbonyl (C=O) groups is 1. The van der Waals surface area contributed by atoms with Crippen LogP contribution in [0.5, 0.6) is 0 Å². The number of nitrogens with zero attached hydrogens (tertiary/aromatic N) is 5. The molecule has 3 aliphatic heterocycles. The fourth-order valence-corrected chi connectivity index (χ4v) is 9.98. The maximum absolute atomic E-state index is 13.4. The van der Waals surface area contributed by atoms with Gasteiger partial charge in [-0.15, -0.1) is 0 Å². The van der Waals surface area contributed by atoms with Gasteiger partial charge in [0.2, 0.25) is 10.0 Å². The summed E-state index contributed by atoms with van der Waals surface area (Å²) in [6.07, 6.45) is 4.71. The maximum Gasteiger partial charge on any atom is 0.255 e. The van der Waals surface area contributed by atoms with Crippen LogP contribution in [0.25, 0.3) is 0 Å². The lowest BCUT2D eigenvalue weighted by Crippen LogP contribution is -2.54.